The molecule has 172 valence electrons. The summed E-state index contributed by atoms with van der Waals surface area (Å²) in [5, 5.41) is 13.7. The Morgan fingerprint density at radius 1 is 1.21 bits per heavy atom. The van der Waals surface area contributed by atoms with Crippen LogP contribution >= 0.6 is 0 Å². The van der Waals surface area contributed by atoms with Crippen LogP contribution in [-0.2, 0) is 36.0 Å². The second-order valence-electron chi connectivity index (χ2n) is 7.61. The first-order valence-electron chi connectivity index (χ1n) is 10.8. The molecule has 0 radical (unpaired) electrons. The van der Waals surface area contributed by atoms with Crippen molar-refractivity contribution >= 4 is 54.7 Å². The Kier molecular flexibility index (Phi) is 10.3. The Labute approximate surface area is 222 Å². The number of rotatable bonds is 11. The van der Waals surface area contributed by atoms with E-state index in [1.54, 1.807) is 35.4 Å². The van der Waals surface area contributed by atoms with Gasteiger partial charge in [-0.1, -0.05) is 25.5 Å². The maximum Gasteiger partial charge on any atom is 2.00 e. The summed E-state index contributed by atoms with van der Waals surface area (Å²) < 4.78 is 14.3. The van der Waals surface area contributed by atoms with Gasteiger partial charge in [-0.15, -0.1) is 0 Å². The Hall–Kier alpha value is -1.94. The SMILES string of the molecule is CCCc1nn(C)c2c(=O)n(CCOc3ccc(C[C@@H](OCC)C(=O)O)cc3)c(C)nc12.[Ca+2]. The van der Waals surface area contributed by atoms with E-state index in [0.29, 0.717) is 42.4 Å². The zero-order valence-corrected chi connectivity index (χ0v) is 21.9. The molecule has 0 unspecified atom stereocenters. The van der Waals surface area contributed by atoms with Gasteiger partial charge in [0.25, 0.3) is 5.56 Å². The average Bonchev–Trinajstić information content (AvgIpc) is 3.06. The quantitative estimate of drug-likeness (QED) is 0.417. The number of aromatic nitrogens is 4. The van der Waals surface area contributed by atoms with E-state index >= 15 is 0 Å². The van der Waals surface area contributed by atoms with Crippen molar-refractivity contribution in [3.63, 3.8) is 0 Å². The molecule has 0 spiro atoms. The summed E-state index contributed by atoms with van der Waals surface area (Å²) in [6.45, 7) is 6.65. The standard InChI is InChI=1S/C23H30N4O5.Ca/c1-5-7-18-20-21(26(4)25-18)22(28)27(15(3)24-20)12-13-32-17-10-8-16(9-11-17)14-19(23(29)30)31-6-2;/h8-11,19H,5-7,12-14H2,1-4H3,(H,29,30);/q;+2/t19-;/m1./s1. The molecule has 3 aromatic rings. The molecule has 3 rings (SSSR count). The summed E-state index contributed by atoms with van der Waals surface area (Å²) in [4.78, 5) is 28.9. The minimum Gasteiger partial charge on any atom is -0.492 e. The fourth-order valence-corrected chi connectivity index (χ4v) is 3.70. The summed E-state index contributed by atoms with van der Waals surface area (Å²) in [7, 11) is 1.77. The van der Waals surface area contributed by atoms with E-state index < -0.39 is 12.1 Å². The Balaban J connectivity index is 0.00000385. The van der Waals surface area contributed by atoms with Gasteiger partial charge in [0.2, 0.25) is 0 Å². The average molecular weight is 483 g/mol. The molecule has 9 nitrogen and oxygen atoms in total. The Bertz CT molecular complexity index is 1140. The normalized spacial score (nSPS) is 11.9. The minimum atomic E-state index is -0.978. The number of aliphatic carboxylic acids is 1. The predicted molar refractivity (Wildman–Crippen MR) is 126 cm³/mol. The van der Waals surface area contributed by atoms with E-state index in [9.17, 15) is 14.7 Å². The van der Waals surface area contributed by atoms with Crippen LogP contribution in [-0.4, -0.2) is 87.5 Å². The Morgan fingerprint density at radius 3 is 2.52 bits per heavy atom. The zero-order chi connectivity index (χ0) is 23.3. The van der Waals surface area contributed by atoms with Crippen LogP contribution in [0.15, 0.2) is 29.1 Å². The molecular weight excluding hydrogens is 452 g/mol. The summed E-state index contributed by atoms with van der Waals surface area (Å²) >= 11 is 0. The van der Waals surface area contributed by atoms with Gasteiger partial charge in [-0.05, 0) is 38.0 Å². The number of ether oxygens (including phenoxy) is 2. The number of fused-ring (bicyclic) bond motifs is 1. The second kappa shape index (κ2) is 12.5. The molecule has 0 saturated carbocycles. The van der Waals surface area contributed by atoms with Crippen LogP contribution in [0.1, 0.15) is 37.4 Å². The van der Waals surface area contributed by atoms with Crippen molar-refractivity contribution in [1.29, 1.82) is 0 Å². The van der Waals surface area contributed by atoms with Gasteiger partial charge in [-0.25, -0.2) is 9.78 Å². The molecule has 0 fully saturated rings. The van der Waals surface area contributed by atoms with Gasteiger partial charge in [0.15, 0.2) is 11.6 Å². The Morgan fingerprint density at radius 2 is 1.91 bits per heavy atom. The molecule has 1 aromatic carbocycles. The van der Waals surface area contributed by atoms with E-state index in [0.717, 1.165) is 24.1 Å². The van der Waals surface area contributed by atoms with Crippen LogP contribution in [0.2, 0.25) is 0 Å². The number of hydrogen-bond acceptors (Lipinski definition) is 6. The van der Waals surface area contributed by atoms with Gasteiger partial charge < -0.3 is 14.6 Å². The molecule has 1 N–H and O–H groups in total. The van der Waals surface area contributed by atoms with Crippen molar-refractivity contribution in [1.82, 2.24) is 19.3 Å². The third-order valence-electron chi connectivity index (χ3n) is 5.26. The largest absolute Gasteiger partial charge is 2.00 e. The number of hydrogen-bond donors (Lipinski definition) is 1. The van der Waals surface area contributed by atoms with Crippen LogP contribution in [0.25, 0.3) is 11.0 Å². The van der Waals surface area contributed by atoms with Crippen molar-refractivity contribution in [3.05, 3.63) is 51.7 Å². The number of nitrogens with zero attached hydrogens (tertiary/aromatic N) is 4. The minimum absolute atomic E-state index is 0. The van der Waals surface area contributed by atoms with Crippen molar-refractivity contribution < 1.29 is 19.4 Å². The molecule has 2 aromatic heterocycles. The van der Waals surface area contributed by atoms with Crippen LogP contribution in [0.5, 0.6) is 5.75 Å². The van der Waals surface area contributed by atoms with E-state index in [1.165, 1.54) is 0 Å². The maximum atomic E-state index is 13.0. The van der Waals surface area contributed by atoms with Gasteiger partial charge in [0.05, 0.1) is 12.2 Å². The van der Waals surface area contributed by atoms with E-state index in [1.807, 2.05) is 19.1 Å². The van der Waals surface area contributed by atoms with Crippen LogP contribution in [0, 0.1) is 6.92 Å². The van der Waals surface area contributed by atoms with Crippen LogP contribution in [0.4, 0.5) is 0 Å². The molecule has 0 bridgehead atoms. The fraction of sp³-hybridized carbons (Fsp3) is 0.478. The van der Waals surface area contributed by atoms with Crippen LogP contribution < -0.4 is 10.3 Å². The van der Waals surface area contributed by atoms with Gasteiger partial charge in [0, 0.05) is 20.1 Å². The second-order valence-corrected chi connectivity index (χ2v) is 7.61. The van der Waals surface area contributed by atoms with Gasteiger partial charge in [-0.2, -0.15) is 5.10 Å². The molecule has 10 heteroatoms. The number of benzene rings is 1. The number of carboxylic acids is 1. The monoisotopic (exact) mass is 482 g/mol. The first kappa shape index (κ1) is 27.3. The fourth-order valence-electron chi connectivity index (χ4n) is 3.70. The van der Waals surface area contributed by atoms with Crippen molar-refractivity contribution in [3.8, 4) is 5.75 Å². The molecule has 1 atom stereocenters. The number of aryl methyl sites for hydroxylation is 3. The van der Waals surface area contributed by atoms with Crippen molar-refractivity contribution in [2.24, 2.45) is 7.05 Å². The summed E-state index contributed by atoms with van der Waals surface area (Å²) in [6, 6.07) is 7.21. The van der Waals surface area contributed by atoms with Crippen molar-refractivity contribution in [2.45, 2.75) is 52.7 Å². The predicted octanol–water partition coefficient (Wildman–Crippen LogP) is 2.12. The first-order chi connectivity index (χ1) is 15.3. The smallest absolute Gasteiger partial charge is 0.492 e. The molecule has 2 heterocycles. The zero-order valence-electron chi connectivity index (χ0n) is 19.7. The molecule has 0 aliphatic rings. The van der Waals surface area contributed by atoms with Crippen LogP contribution in [0.3, 0.4) is 0 Å². The summed E-state index contributed by atoms with van der Waals surface area (Å²) in [5.41, 5.74) is 2.75. The third kappa shape index (κ3) is 6.56. The first-order valence-corrected chi connectivity index (χ1v) is 10.8. The van der Waals surface area contributed by atoms with E-state index in [4.69, 9.17) is 9.47 Å². The molecule has 0 amide bonds. The van der Waals surface area contributed by atoms with Gasteiger partial charge in [0.1, 0.15) is 23.7 Å². The molecule has 0 aliphatic heterocycles. The number of carboxylic acid groups (broad SMARTS) is 1. The van der Waals surface area contributed by atoms with E-state index in [-0.39, 0.29) is 49.7 Å². The maximum absolute atomic E-state index is 13.0. The molecular formula is C23H30CaN4O5+2. The van der Waals surface area contributed by atoms with Gasteiger partial charge in [-0.3, -0.25) is 14.0 Å². The summed E-state index contributed by atoms with van der Waals surface area (Å²) in [5.74, 6) is 0.291. The third-order valence-corrected chi connectivity index (χ3v) is 5.26. The summed E-state index contributed by atoms with van der Waals surface area (Å²) in [6.07, 6.45) is 1.14. The van der Waals surface area contributed by atoms with E-state index in [2.05, 4.69) is 17.0 Å². The molecule has 0 aliphatic carbocycles. The molecule has 0 saturated heterocycles. The van der Waals surface area contributed by atoms with Crippen molar-refractivity contribution in [2.75, 3.05) is 13.2 Å². The molecule has 33 heavy (non-hydrogen) atoms. The van der Waals surface area contributed by atoms with Gasteiger partial charge >= 0.3 is 43.7 Å². The topological polar surface area (TPSA) is 108 Å². The number of carbonyl (C=O) groups is 1.